The van der Waals surface area contributed by atoms with E-state index < -0.39 is 18.0 Å². The number of aliphatic carboxylic acids is 1. The summed E-state index contributed by atoms with van der Waals surface area (Å²) in [6, 6.07) is -0.761. The van der Waals surface area contributed by atoms with Gasteiger partial charge in [-0.2, -0.15) is 0 Å². The van der Waals surface area contributed by atoms with Crippen LogP contribution in [0.1, 0.15) is 41.3 Å². The number of thiophene rings is 1. The van der Waals surface area contributed by atoms with Gasteiger partial charge in [-0.25, -0.2) is 19.6 Å². The molecule has 0 fully saturated rings. The molecule has 2 aromatic heterocycles. The van der Waals surface area contributed by atoms with Crippen LogP contribution in [0.3, 0.4) is 0 Å². The van der Waals surface area contributed by atoms with E-state index in [9.17, 15) is 14.7 Å². The zero-order chi connectivity index (χ0) is 18.0. The standard InChI is InChI=1S/C16H21N3O4S/c1-7(2)6-10(15(20)21)19-13-11-8(3)12(16(22)23-5)24-14(11)18-9(4)17-13/h7,10H,6H2,1-5H3,(H,20,21)(H,17,18,19)/t10-/m0/s1. The van der Waals surface area contributed by atoms with Crippen molar-refractivity contribution in [3.8, 4) is 0 Å². The number of carboxylic acids is 1. The highest BCUT2D eigenvalue weighted by molar-refractivity contribution is 7.20. The molecular weight excluding hydrogens is 330 g/mol. The molecule has 2 N–H and O–H groups in total. The predicted octanol–water partition coefficient (Wildman–Crippen LogP) is 3.01. The highest BCUT2D eigenvalue weighted by Gasteiger charge is 2.24. The average Bonchev–Trinajstić information content (AvgIpc) is 2.82. The fourth-order valence-corrected chi connectivity index (χ4v) is 3.64. The van der Waals surface area contributed by atoms with Crippen molar-refractivity contribution >= 4 is 39.3 Å². The molecule has 130 valence electrons. The van der Waals surface area contributed by atoms with E-state index in [2.05, 4.69) is 15.3 Å². The number of hydrogen-bond acceptors (Lipinski definition) is 7. The van der Waals surface area contributed by atoms with Crippen molar-refractivity contribution in [1.82, 2.24) is 9.97 Å². The largest absolute Gasteiger partial charge is 0.480 e. The SMILES string of the molecule is COC(=O)c1sc2nc(C)nc(N[C@@H](CC(C)C)C(=O)O)c2c1C. The summed E-state index contributed by atoms with van der Waals surface area (Å²) in [7, 11) is 1.32. The van der Waals surface area contributed by atoms with Crippen molar-refractivity contribution in [3.63, 3.8) is 0 Å². The van der Waals surface area contributed by atoms with Crippen LogP contribution in [0.5, 0.6) is 0 Å². The van der Waals surface area contributed by atoms with E-state index in [0.717, 1.165) is 0 Å². The third kappa shape index (κ3) is 3.64. The van der Waals surface area contributed by atoms with Crippen LogP contribution in [0.4, 0.5) is 5.82 Å². The maximum absolute atomic E-state index is 11.9. The normalized spacial score (nSPS) is 12.4. The monoisotopic (exact) mass is 351 g/mol. The summed E-state index contributed by atoms with van der Waals surface area (Å²) < 4.78 is 4.80. The number of esters is 1. The number of methoxy groups -OCH3 is 1. The molecule has 0 radical (unpaired) electrons. The maximum atomic E-state index is 11.9. The average molecular weight is 351 g/mol. The predicted molar refractivity (Wildman–Crippen MR) is 92.7 cm³/mol. The minimum atomic E-state index is -0.936. The Morgan fingerprint density at radius 2 is 1.96 bits per heavy atom. The lowest BCUT2D eigenvalue weighted by atomic mass is 10.0. The van der Waals surface area contributed by atoms with E-state index in [4.69, 9.17) is 4.74 Å². The molecule has 7 nitrogen and oxygen atoms in total. The molecule has 0 aliphatic rings. The number of fused-ring (bicyclic) bond motifs is 1. The number of carbonyl (C=O) groups excluding carboxylic acids is 1. The van der Waals surface area contributed by atoms with Crippen molar-refractivity contribution < 1.29 is 19.4 Å². The minimum absolute atomic E-state index is 0.214. The summed E-state index contributed by atoms with van der Waals surface area (Å²) in [6.45, 7) is 7.44. The van der Waals surface area contributed by atoms with Crippen molar-refractivity contribution in [1.29, 1.82) is 0 Å². The van der Waals surface area contributed by atoms with Crippen LogP contribution in [-0.4, -0.2) is 40.2 Å². The molecule has 0 bridgehead atoms. The van der Waals surface area contributed by atoms with Crippen molar-refractivity contribution in [3.05, 3.63) is 16.3 Å². The van der Waals surface area contributed by atoms with Gasteiger partial charge in [-0.3, -0.25) is 0 Å². The highest BCUT2D eigenvalue weighted by atomic mass is 32.1. The van der Waals surface area contributed by atoms with Crippen molar-refractivity contribution in [2.24, 2.45) is 5.92 Å². The van der Waals surface area contributed by atoms with Gasteiger partial charge in [0, 0.05) is 0 Å². The van der Waals surface area contributed by atoms with E-state index in [-0.39, 0.29) is 5.92 Å². The van der Waals surface area contributed by atoms with Crippen LogP contribution in [0.15, 0.2) is 0 Å². The van der Waals surface area contributed by atoms with E-state index in [1.54, 1.807) is 13.8 Å². The summed E-state index contributed by atoms with van der Waals surface area (Å²) in [6.07, 6.45) is 0.465. The number of anilines is 1. The first kappa shape index (κ1) is 18.1. The number of nitrogens with one attached hydrogen (secondary N) is 1. The van der Waals surface area contributed by atoms with Gasteiger partial charge >= 0.3 is 11.9 Å². The third-order valence-corrected chi connectivity index (χ3v) is 4.75. The lowest BCUT2D eigenvalue weighted by Crippen LogP contribution is -2.31. The van der Waals surface area contributed by atoms with Gasteiger partial charge in [-0.1, -0.05) is 13.8 Å². The van der Waals surface area contributed by atoms with Gasteiger partial charge in [-0.15, -0.1) is 11.3 Å². The Labute approximate surface area is 144 Å². The minimum Gasteiger partial charge on any atom is -0.480 e. The number of rotatable bonds is 6. The van der Waals surface area contributed by atoms with E-state index >= 15 is 0 Å². The second-order valence-corrected chi connectivity index (χ2v) is 7.01. The molecule has 1 atom stereocenters. The molecule has 24 heavy (non-hydrogen) atoms. The first-order chi connectivity index (χ1) is 11.2. The summed E-state index contributed by atoms with van der Waals surface area (Å²) in [5.41, 5.74) is 0.693. The fraction of sp³-hybridized carbons (Fsp3) is 0.500. The first-order valence-corrected chi connectivity index (χ1v) is 8.41. The number of carbonyl (C=O) groups is 2. The Morgan fingerprint density at radius 1 is 1.29 bits per heavy atom. The van der Waals surface area contributed by atoms with Crippen LogP contribution in [0, 0.1) is 19.8 Å². The Hall–Kier alpha value is -2.22. The zero-order valence-corrected chi connectivity index (χ0v) is 15.2. The van der Waals surface area contributed by atoms with Gasteiger partial charge < -0.3 is 15.2 Å². The number of hydrogen-bond donors (Lipinski definition) is 2. The number of ether oxygens (including phenoxy) is 1. The van der Waals surface area contributed by atoms with Gasteiger partial charge in [0.25, 0.3) is 0 Å². The highest BCUT2D eigenvalue weighted by Crippen LogP contribution is 2.34. The number of nitrogens with zero attached hydrogens (tertiary/aromatic N) is 2. The van der Waals surface area contributed by atoms with E-state index in [1.165, 1.54) is 18.4 Å². The lowest BCUT2D eigenvalue weighted by Gasteiger charge is -2.18. The number of aryl methyl sites for hydroxylation is 2. The summed E-state index contributed by atoms with van der Waals surface area (Å²) in [5.74, 6) is -0.206. The van der Waals surface area contributed by atoms with Gasteiger partial charge in [0.15, 0.2) is 0 Å². The third-order valence-electron chi connectivity index (χ3n) is 3.59. The van der Waals surface area contributed by atoms with Crippen molar-refractivity contribution in [2.75, 3.05) is 12.4 Å². The molecular formula is C16H21N3O4S. The second kappa shape index (κ2) is 7.12. The molecule has 0 unspecified atom stereocenters. The second-order valence-electron chi connectivity index (χ2n) is 6.01. The Bertz CT molecular complexity index is 785. The van der Waals surface area contributed by atoms with Crippen LogP contribution in [0.25, 0.3) is 10.2 Å². The molecule has 2 aromatic rings. The van der Waals surface area contributed by atoms with Crippen LogP contribution >= 0.6 is 11.3 Å². The number of aromatic nitrogens is 2. The molecule has 0 saturated carbocycles. The molecule has 0 spiro atoms. The molecule has 0 aliphatic carbocycles. The quantitative estimate of drug-likeness (QED) is 0.771. The van der Waals surface area contributed by atoms with Crippen LogP contribution in [0.2, 0.25) is 0 Å². The summed E-state index contributed by atoms with van der Waals surface area (Å²) in [4.78, 5) is 33.2. The first-order valence-electron chi connectivity index (χ1n) is 7.60. The summed E-state index contributed by atoms with van der Waals surface area (Å²) >= 11 is 1.22. The molecule has 0 aliphatic heterocycles. The Kier molecular flexibility index (Phi) is 5.38. The molecule has 0 aromatic carbocycles. The summed E-state index contributed by atoms with van der Waals surface area (Å²) in [5, 5.41) is 13.1. The number of carboxylic acid groups (broad SMARTS) is 1. The van der Waals surface area contributed by atoms with Crippen LogP contribution < -0.4 is 5.32 Å². The molecule has 0 amide bonds. The van der Waals surface area contributed by atoms with Gasteiger partial charge in [0.05, 0.1) is 12.5 Å². The molecule has 2 heterocycles. The van der Waals surface area contributed by atoms with Gasteiger partial charge in [-0.05, 0) is 31.7 Å². The molecule has 2 rings (SSSR count). The fourth-order valence-electron chi connectivity index (χ4n) is 2.50. The molecule has 0 saturated heterocycles. The van der Waals surface area contributed by atoms with Gasteiger partial charge in [0.2, 0.25) is 0 Å². The van der Waals surface area contributed by atoms with E-state index in [1.807, 2.05) is 13.8 Å². The molecule has 8 heteroatoms. The van der Waals surface area contributed by atoms with Crippen LogP contribution in [-0.2, 0) is 9.53 Å². The zero-order valence-electron chi connectivity index (χ0n) is 14.3. The lowest BCUT2D eigenvalue weighted by molar-refractivity contribution is -0.138. The van der Waals surface area contributed by atoms with Crippen molar-refractivity contribution in [2.45, 2.75) is 40.2 Å². The Morgan fingerprint density at radius 3 is 2.50 bits per heavy atom. The maximum Gasteiger partial charge on any atom is 0.348 e. The Balaban J connectivity index is 2.54. The van der Waals surface area contributed by atoms with Gasteiger partial charge in [0.1, 0.15) is 27.4 Å². The van der Waals surface area contributed by atoms with E-state index in [0.29, 0.717) is 38.7 Å². The smallest absolute Gasteiger partial charge is 0.348 e. The topological polar surface area (TPSA) is 101 Å².